The molecule has 1 aromatic carbocycles. The van der Waals surface area contributed by atoms with E-state index in [2.05, 4.69) is 15.4 Å². The Morgan fingerprint density at radius 3 is 2.70 bits per heavy atom. The maximum Gasteiger partial charge on any atom is 0.356 e. The fourth-order valence-electron chi connectivity index (χ4n) is 2.52. The fraction of sp³-hybridized carbons (Fsp3) is 0.222. The van der Waals surface area contributed by atoms with Crippen LogP contribution < -0.4 is 5.32 Å². The molecule has 0 bridgehead atoms. The Morgan fingerprint density at radius 2 is 2.04 bits per heavy atom. The highest BCUT2D eigenvalue weighted by Gasteiger charge is 2.21. The van der Waals surface area contributed by atoms with E-state index in [4.69, 9.17) is 9.47 Å². The second-order valence-electron chi connectivity index (χ2n) is 5.62. The fourth-order valence-corrected chi connectivity index (χ4v) is 2.52. The standard InChI is InChI=1S/C18H17FN4O4/c1-4-27-17(24)12-9-20-23-15(8-14(18(25)26-3)22-16(12)23)21-13-6-5-11(19)7-10(13)2/h5-9,21H,4H2,1-3H3. The Morgan fingerprint density at radius 1 is 1.26 bits per heavy atom. The van der Waals surface area contributed by atoms with Crippen LogP contribution in [-0.2, 0) is 9.47 Å². The van der Waals surface area contributed by atoms with Gasteiger partial charge in [0.05, 0.1) is 19.9 Å². The van der Waals surface area contributed by atoms with Crippen molar-refractivity contribution in [3.05, 3.63) is 53.1 Å². The molecule has 0 saturated heterocycles. The van der Waals surface area contributed by atoms with E-state index < -0.39 is 11.9 Å². The number of esters is 2. The molecule has 0 amide bonds. The smallest absolute Gasteiger partial charge is 0.356 e. The van der Waals surface area contributed by atoms with Crippen molar-refractivity contribution < 1.29 is 23.5 Å². The molecule has 27 heavy (non-hydrogen) atoms. The Kier molecular flexibility index (Phi) is 5.02. The Bertz CT molecular complexity index is 1030. The summed E-state index contributed by atoms with van der Waals surface area (Å²) in [7, 11) is 1.23. The van der Waals surface area contributed by atoms with Gasteiger partial charge in [-0.2, -0.15) is 9.61 Å². The van der Waals surface area contributed by atoms with Gasteiger partial charge in [-0.15, -0.1) is 0 Å². The average molecular weight is 372 g/mol. The molecular formula is C18H17FN4O4. The summed E-state index contributed by atoms with van der Waals surface area (Å²) >= 11 is 0. The number of nitrogens with zero attached hydrogens (tertiary/aromatic N) is 3. The van der Waals surface area contributed by atoms with Gasteiger partial charge in [0.25, 0.3) is 0 Å². The number of hydrogen-bond acceptors (Lipinski definition) is 7. The molecule has 2 heterocycles. The van der Waals surface area contributed by atoms with Crippen LogP contribution in [0.25, 0.3) is 5.65 Å². The molecule has 1 N–H and O–H groups in total. The van der Waals surface area contributed by atoms with E-state index in [9.17, 15) is 14.0 Å². The van der Waals surface area contributed by atoms with E-state index in [1.54, 1.807) is 19.9 Å². The van der Waals surface area contributed by atoms with Crippen LogP contribution in [-0.4, -0.2) is 40.3 Å². The zero-order chi connectivity index (χ0) is 19.6. The second-order valence-corrected chi connectivity index (χ2v) is 5.62. The number of hydrogen-bond donors (Lipinski definition) is 1. The zero-order valence-electron chi connectivity index (χ0n) is 14.9. The van der Waals surface area contributed by atoms with Crippen molar-refractivity contribution in [1.82, 2.24) is 14.6 Å². The highest BCUT2D eigenvalue weighted by Crippen LogP contribution is 2.24. The molecule has 140 valence electrons. The number of carbonyl (C=O) groups excluding carboxylic acids is 2. The lowest BCUT2D eigenvalue weighted by Gasteiger charge is -2.12. The van der Waals surface area contributed by atoms with Gasteiger partial charge in [0.15, 0.2) is 11.3 Å². The Labute approximate surface area is 153 Å². The first-order valence-electron chi connectivity index (χ1n) is 8.12. The largest absolute Gasteiger partial charge is 0.464 e. The summed E-state index contributed by atoms with van der Waals surface area (Å²) in [5.74, 6) is -1.29. The Balaban J connectivity index is 2.15. The molecule has 0 saturated carbocycles. The van der Waals surface area contributed by atoms with Gasteiger partial charge in [0, 0.05) is 11.8 Å². The van der Waals surface area contributed by atoms with Crippen LogP contribution >= 0.6 is 0 Å². The van der Waals surface area contributed by atoms with Gasteiger partial charge >= 0.3 is 11.9 Å². The number of aryl methyl sites for hydroxylation is 1. The predicted octanol–water partition coefficient (Wildman–Crippen LogP) is 2.88. The molecule has 0 fully saturated rings. The number of carbonyl (C=O) groups is 2. The molecule has 9 heteroatoms. The first-order valence-corrected chi connectivity index (χ1v) is 8.12. The third-order valence-corrected chi connectivity index (χ3v) is 3.81. The summed E-state index contributed by atoms with van der Waals surface area (Å²) in [5, 5.41) is 7.24. The molecule has 0 unspecified atom stereocenters. The van der Waals surface area contributed by atoms with E-state index in [1.165, 1.54) is 36.0 Å². The first-order chi connectivity index (χ1) is 12.9. The Hall–Kier alpha value is -3.49. The van der Waals surface area contributed by atoms with Crippen molar-refractivity contribution in [2.24, 2.45) is 0 Å². The van der Waals surface area contributed by atoms with Gasteiger partial charge in [-0.3, -0.25) is 0 Å². The normalized spacial score (nSPS) is 10.7. The van der Waals surface area contributed by atoms with Crippen LogP contribution in [0, 0.1) is 12.7 Å². The lowest BCUT2D eigenvalue weighted by atomic mass is 10.2. The number of halogens is 1. The molecule has 3 aromatic rings. The number of benzene rings is 1. The van der Waals surface area contributed by atoms with Gasteiger partial charge in [-0.25, -0.2) is 19.0 Å². The third-order valence-electron chi connectivity index (χ3n) is 3.81. The van der Waals surface area contributed by atoms with Crippen molar-refractivity contribution in [3.8, 4) is 0 Å². The summed E-state index contributed by atoms with van der Waals surface area (Å²) in [5.41, 5.74) is 1.49. The molecule has 0 radical (unpaired) electrons. The van der Waals surface area contributed by atoms with Crippen LogP contribution in [0.15, 0.2) is 30.5 Å². The van der Waals surface area contributed by atoms with E-state index in [0.29, 0.717) is 17.1 Å². The number of rotatable bonds is 5. The van der Waals surface area contributed by atoms with E-state index in [-0.39, 0.29) is 29.3 Å². The van der Waals surface area contributed by atoms with Crippen molar-refractivity contribution in [2.45, 2.75) is 13.8 Å². The molecular weight excluding hydrogens is 355 g/mol. The summed E-state index contributed by atoms with van der Waals surface area (Å²) in [6.45, 7) is 3.60. The number of nitrogens with one attached hydrogen (secondary N) is 1. The lowest BCUT2D eigenvalue weighted by molar-refractivity contribution is 0.0526. The van der Waals surface area contributed by atoms with E-state index in [1.807, 2.05) is 0 Å². The van der Waals surface area contributed by atoms with E-state index >= 15 is 0 Å². The first kappa shape index (κ1) is 18.3. The maximum atomic E-state index is 13.4. The highest BCUT2D eigenvalue weighted by molar-refractivity contribution is 5.97. The van der Waals surface area contributed by atoms with Crippen LogP contribution in [0.1, 0.15) is 33.3 Å². The van der Waals surface area contributed by atoms with Gasteiger partial charge < -0.3 is 14.8 Å². The monoisotopic (exact) mass is 372 g/mol. The molecule has 0 atom stereocenters. The van der Waals surface area contributed by atoms with Gasteiger partial charge in [-0.1, -0.05) is 0 Å². The third kappa shape index (κ3) is 3.57. The molecule has 0 aliphatic heterocycles. The maximum absolute atomic E-state index is 13.4. The quantitative estimate of drug-likeness (QED) is 0.688. The van der Waals surface area contributed by atoms with Gasteiger partial charge in [-0.05, 0) is 37.6 Å². The van der Waals surface area contributed by atoms with E-state index in [0.717, 1.165) is 0 Å². The number of methoxy groups -OCH3 is 1. The summed E-state index contributed by atoms with van der Waals surface area (Å²) in [4.78, 5) is 28.3. The molecule has 2 aromatic heterocycles. The highest BCUT2D eigenvalue weighted by atomic mass is 19.1. The average Bonchev–Trinajstić information content (AvgIpc) is 3.07. The lowest BCUT2D eigenvalue weighted by Crippen LogP contribution is -2.11. The second kappa shape index (κ2) is 7.40. The minimum Gasteiger partial charge on any atom is -0.464 e. The van der Waals surface area contributed by atoms with Crippen LogP contribution in [0.5, 0.6) is 0 Å². The van der Waals surface area contributed by atoms with Gasteiger partial charge in [0.1, 0.15) is 17.2 Å². The topological polar surface area (TPSA) is 94.8 Å². The SMILES string of the molecule is CCOC(=O)c1cnn2c(Nc3ccc(F)cc3C)cc(C(=O)OC)nc12. The molecule has 8 nitrogen and oxygen atoms in total. The van der Waals surface area contributed by atoms with Crippen LogP contribution in [0.3, 0.4) is 0 Å². The van der Waals surface area contributed by atoms with Crippen molar-refractivity contribution in [3.63, 3.8) is 0 Å². The van der Waals surface area contributed by atoms with Crippen LogP contribution in [0.4, 0.5) is 15.9 Å². The molecule has 3 rings (SSSR count). The minimum absolute atomic E-state index is 0.0155. The van der Waals surface area contributed by atoms with Gasteiger partial charge in [0.2, 0.25) is 0 Å². The summed E-state index contributed by atoms with van der Waals surface area (Å²) < 4.78 is 24.4. The van der Waals surface area contributed by atoms with Crippen molar-refractivity contribution in [2.75, 3.05) is 19.0 Å². The minimum atomic E-state index is -0.674. The van der Waals surface area contributed by atoms with Crippen LogP contribution in [0.2, 0.25) is 0 Å². The number of ether oxygens (including phenoxy) is 2. The van der Waals surface area contributed by atoms with Crippen molar-refractivity contribution in [1.29, 1.82) is 0 Å². The number of fused-ring (bicyclic) bond motifs is 1. The molecule has 0 spiro atoms. The molecule has 0 aliphatic rings. The van der Waals surface area contributed by atoms with Crippen molar-refractivity contribution >= 4 is 29.1 Å². The summed E-state index contributed by atoms with van der Waals surface area (Å²) in [6, 6.07) is 5.67. The summed E-state index contributed by atoms with van der Waals surface area (Å²) in [6.07, 6.45) is 1.31. The number of aromatic nitrogens is 3. The zero-order valence-corrected chi connectivity index (χ0v) is 14.9. The molecule has 0 aliphatic carbocycles. The number of anilines is 2. The predicted molar refractivity (Wildman–Crippen MR) is 94.7 cm³/mol.